The van der Waals surface area contributed by atoms with Gasteiger partial charge in [-0.05, 0) is 72.2 Å². The van der Waals surface area contributed by atoms with Gasteiger partial charge < -0.3 is 14.2 Å². The van der Waals surface area contributed by atoms with E-state index in [1.165, 1.54) is 60.1 Å². The van der Waals surface area contributed by atoms with E-state index in [1.54, 1.807) is 0 Å². The molecule has 3 aromatic rings. The van der Waals surface area contributed by atoms with Crippen LogP contribution in [0.2, 0.25) is 0 Å². The summed E-state index contributed by atoms with van der Waals surface area (Å²) in [5.41, 5.74) is 0. The number of hydrogen-bond acceptors (Lipinski definition) is 3. The van der Waals surface area contributed by atoms with Gasteiger partial charge in [0.05, 0.1) is 0 Å². The van der Waals surface area contributed by atoms with Crippen molar-refractivity contribution in [2.24, 2.45) is 0 Å². The van der Waals surface area contributed by atoms with Crippen LogP contribution in [-0.2, 0) is 14.2 Å². The molecule has 3 saturated heterocycles. The Morgan fingerprint density at radius 1 is 0.400 bits per heavy atom. The summed E-state index contributed by atoms with van der Waals surface area (Å²) in [7, 11) is 0. The van der Waals surface area contributed by atoms with Crippen molar-refractivity contribution in [3.8, 4) is 0 Å². The van der Waals surface area contributed by atoms with Gasteiger partial charge in [-0.2, -0.15) is 0 Å². The summed E-state index contributed by atoms with van der Waals surface area (Å²) in [4.78, 5) is 0. The van der Waals surface area contributed by atoms with Gasteiger partial charge in [0.25, 0.3) is 0 Å². The van der Waals surface area contributed by atoms with Crippen LogP contribution in [0.15, 0.2) is 60.7 Å². The van der Waals surface area contributed by atoms with E-state index in [2.05, 4.69) is 60.7 Å². The molecule has 3 nitrogen and oxygen atoms in total. The van der Waals surface area contributed by atoms with Gasteiger partial charge in [-0.15, -0.1) is 0 Å². The van der Waals surface area contributed by atoms with Gasteiger partial charge in [0, 0.05) is 62.7 Å². The molecule has 2 radical (unpaired) electrons. The van der Waals surface area contributed by atoms with Crippen LogP contribution in [-0.4, -0.2) is 62.7 Å². The zero-order chi connectivity index (χ0) is 20.0. The van der Waals surface area contributed by atoms with Gasteiger partial charge in [-0.25, -0.2) is 0 Å². The summed E-state index contributed by atoms with van der Waals surface area (Å²) in [5.74, 6) is 0. The first-order chi connectivity index (χ1) is 14.4. The van der Waals surface area contributed by atoms with Gasteiger partial charge in [0.1, 0.15) is 0 Å². The highest BCUT2D eigenvalue weighted by Gasteiger charge is 1.96. The van der Waals surface area contributed by atoms with E-state index in [0.29, 0.717) is 0 Å². The Morgan fingerprint density at radius 3 is 0.800 bits per heavy atom. The lowest BCUT2D eigenvalue weighted by Crippen LogP contribution is -1.74. The molecule has 3 aromatic carbocycles. The zero-order valence-electron chi connectivity index (χ0n) is 18.2. The van der Waals surface area contributed by atoms with Gasteiger partial charge in [0.2, 0.25) is 0 Å². The predicted molar refractivity (Wildman–Crippen MR) is 127 cm³/mol. The lowest BCUT2D eigenvalue weighted by molar-refractivity contribution is 0.198. The summed E-state index contributed by atoms with van der Waals surface area (Å²) in [6, 6.07) is 21.4. The van der Waals surface area contributed by atoms with E-state index in [4.69, 9.17) is 14.2 Å². The van der Waals surface area contributed by atoms with Crippen molar-refractivity contribution in [2.45, 2.75) is 38.5 Å². The van der Waals surface area contributed by atoms with Crippen LogP contribution in [0, 0.1) is 0 Å². The fourth-order valence-corrected chi connectivity index (χ4v) is 3.41. The third-order valence-electron chi connectivity index (χ3n) is 5.10. The molecule has 3 aliphatic rings. The Labute approximate surface area is 197 Å². The van der Waals surface area contributed by atoms with Crippen molar-refractivity contribution in [3.63, 3.8) is 0 Å². The molecular formula is C26H34MgO3. The van der Waals surface area contributed by atoms with Crippen molar-refractivity contribution >= 4 is 44.6 Å². The standard InChI is InChI=1S/C14H10.3C4H8O.Mg/c1-2-6-12-10-14-8-4-3-7-13(14)9-11(12)5-1;3*1-2-4-5-3-1;/h1-10H;3*1-4H2;. The molecule has 0 aromatic heterocycles. The first kappa shape index (κ1) is 25.1. The molecule has 0 atom stereocenters. The molecule has 0 bridgehead atoms. The molecular weight excluding hydrogens is 385 g/mol. The average Bonchev–Trinajstić information content (AvgIpc) is 3.59. The monoisotopic (exact) mass is 418 g/mol. The van der Waals surface area contributed by atoms with Gasteiger partial charge in [0.15, 0.2) is 0 Å². The molecule has 0 N–H and O–H groups in total. The van der Waals surface area contributed by atoms with Crippen molar-refractivity contribution in [3.05, 3.63) is 60.7 Å². The Kier molecular flexibility index (Phi) is 13.0. The second kappa shape index (κ2) is 15.6. The second-order valence-corrected chi connectivity index (χ2v) is 7.50. The molecule has 0 spiro atoms. The summed E-state index contributed by atoms with van der Waals surface area (Å²) in [6.07, 6.45) is 7.67. The molecule has 158 valence electrons. The van der Waals surface area contributed by atoms with E-state index in [0.717, 1.165) is 39.6 Å². The van der Waals surface area contributed by atoms with Gasteiger partial charge in [-0.3, -0.25) is 0 Å². The largest absolute Gasteiger partial charge is 0.381 e. The minimum atomic E-state index is 0. The first-order valence-electron chi connectivity index (χ1n) is 11.0. The minimum Gasteiger partial charge on any atom is -0.381 e. The number of rotatable bonds is 0. The summed E-state index contributed by atoms with van der Waals surface area (Å²) < 4.78 is 14.8. The Hall–Kier alpha value is -1.17. The number of ether oxygens (including phenoxy) is 3. The van der Waals surface area contributed by atoms with E-state index in [9.17, 15) is 0 Å². The number of hydrogen-bond donors (Lipinski definition) is 0. The summed E-state index contributed by atoms with van der Waals surface area (Å²) in [6.45, 7) is 6.00. The third-order valence-corrected chi connectivity index (χ3v) is 5.10. The number of fused-ring (bicyclic) bond motifs is 2. The Bertz CT molecular complexity index is 673. The molecule has 0 amide bonds. The molecule has 3 aliphatic heterocycles. The quantitative estimate of drug-likeness (QED) is 0.331. The van der Waals surface area contributed by atoms with Gasteiger partial charge in [-0.1, -0.05) is 48.5 Å². The van der Waals surface area contributed by atoms with Crippen LogP contribution < -0.4 is 0 Å². The maximum Gasteiger partial charge on any atom is 0.0466 e. The van der Waals surface area contributed by atoms with E-state index >= 15 is 0 Å². The van der Waals surface area contributed by atoms with Crippen molar-refractivity contribution in [2.75, 3.05) is 39.6 Å². The van der Waals surface area contributed by atoms with E-state index in [-0.39, 0.29) is 23.1 Å². The fraction of sp³-hybridized carbons (Fsp3) is 0.462. The fourth-order valence-electron chi connectivity index (χ4n) is 3.41. The van der Waals surface area contributed by atoms with E-state index < -0.39 is 0 Å². The lowest BCUT2D eigenvalue weighted by atomic mass is 10.0. The zero-order valence-corrected chi connectivity index (χ0v) is 19.6. The van der Waals surface area contributed by atoms with Crippen LogP contribution in [0.3, 0.4) is 0 Å². The highest BCUT2D eigenvalue weighted by Crippen LogP contribution is 2.22. The van der Waals surface area contributed by atoms with Crippen molar-refractivity contribution in [1.82, 2.24) is 0 Å². The normalized spacial score (nSPS) is 17.1. The second-order valence-electron chi connectivity index (χ2n) is 7.50. The molecule has 3 heterocycles. The summed E-state index contributed by atoms with van der Waals surface area (Å²) in [5, 5.41) is 5.25. The third kappa shape index (κ3) is 9.32. The van der Waals surface area contributed by atoms with Crippen LogP contribution in [0.4, 0.5) is 0 Å². The summed E-state index contributed by atoms with van der Waals surface area (Å²) >= 11 is 0. The van der Waals surface area contributed by atoms with Gasteiger partial charge >= 0.3 is 0 Å². The molecule has 0 aliphatic carbocycles. The number of benzene rings is 3. The lowest BCUT2D eigenvalue weighted by Gasteiger charge is -2.00. The van der Waals surface area contributed by atoms with Crippen molar-refractivity contribution < 1.29 is 14.2 Å². The first-order valence-corrected chi connectivity index (χ1v) is 11.0. The van der Waals surface area contributed by atoms with Crippen LogP contribution >= 0.6 is 0 Å². The van der Waals surface area contributed by atoms with Crippen molar-refractivity contribution in [1.29, 1.82) is 0 Å². The Morgan fingerprint density at radius 2 is 0.633 bits per heavy atom. The molecule has 0 saturated carbocycles. The smallest absolute Gasteiger partial charge is 0.0466 e. The maximum absolute atomic E-state index is 4.94. The van der Waals surface area contributed by atoms with E-state index in [1.807, 2.05) is 0 Å². The maximum atomic E-state index is 4.94. The highest BCUT2D eigenvalue weighted by molar-refractivity contribution is 5.98. The Balaban J connectivity index is 0.000000165. The molecule has 3 fully saturated rings. The minimum absolute atomic E-state index is 0. The SMILES string of the molecule is C1CCOC1.C1CCOC1.C1CCOC1.[Mg].c1ccc2cc3ccccc3cc2c1. The van der Waals surface area contributed by atoms with Crippen LogP contribution in [0.1, 0.15) is 38.5 Å². The van der Waals surface area contributed by atoms with Crippen LogP contribution in [0.5, 0.6) is 0 Å². The molecule has 4 heteroatoms. The predicted octanol–water partition coefficient (Wildman–Crippen LogP) is 6.00. The highest BCUT2D eigenvalue weighted by atomic mass is 24.3. The average molecular weight is 419 g/mol. The molecule has 0 unspecified atom stereocenters. The molecule has 6 rings (SSSR count). The van der Waals surface area contributed by atoms with Crippen LogP contribution in [0.25, 0.3) is 21.5 Å². The topological polar surface area (TPSA) is 27.7 Å². The molecule has 30 heavy (non-hydrogen) atoms.